The quantitative estimate of drug-likeness (QED) is 0.593. The third kappa shape index (κ3) is 4.57. The molecule has 3 rings (SSSR count). The Hall–Kier alpha value is -2.40. The van der Waals surface area contributed by atoms with Gasteiger partial charge in [0.25, 0.3) is 0 Å². The summed E-state index contributed by atoms with van der Waals surface area (Å²) in [4.78, 5) is 0. The van der Waals surface area contributed by atoms with Gasteiger partial charge in [-0.25, -0.2) is 4.39 Å². The maximum Gasteiger partial charge on any atom is 0.0991 e. The Labute approximate surface area is 149 Å². The fraction of sp³-hybridized carbons (Fsp3) is 0.348. The van der Waals surface area contributed by atoms with Crippen LogP contribution >= 0.6 is 0 Å². The lowest BCUT2D eigenvalue weighted by atomic mass is 9.77. The van der Waals surface area contributed by atoms with E-state index in [4.69, 9.17) is 5.26 Å². The van der Waals surface area contributed by atoms with E-state index in [0.29, 0.717) is 17.8 Å². The molecular weight excluding hydrogens is 309 g/mol. The van der Waals surface area contributed by atoms with Crippen molar-refractivity contribution in [2.75, 3.05) is 0 Å². The molecule has 0 radical (unpaired) electrons. The highest BCUT2D eigenvalue weighted by atomic mass is 19.1. The molecule has 2 aromatic rings. The van der Waals surface area contributed by atoms with Gasteiger partial charge in [-0.2, -0.15) is 5.26 Å². The highest BCUT2D eigenvalue weighted by molar-refractivity contribution is 5.64. The van der Waals surface area contributed by atoms with Gasteiger partial charge in [-0.1, -0.05) is 42.5 Å². The normalized spacial score (nSPS) is 20.5. The van der Waals surface area contributed by atoms with Gasteiger partial charge >= 0.3 is 0 Å². The molecule has 0 aromatic heterocycles. The Morgan fingerprint density at radius 3 is 2.08 bits per heavy atom. The number of allylic oxidation sites excluding steroid dienone is 1. The molecule has 0 aliphatic heterocycles. The predicted molar refractivity (Wildman–Crippen MR) is 101 cm³/mol. The number of nitriles is 1. The van der Waals surface area contributed by atoms with E-state index in [1.165, 1.54) is 36.8 Å². The van der Waals surface area contributed by atoms with Crippen molar-refractivity contribution < 1.29 is 4.39 Å². The molecule has 1 saturated carbocycles. The molecule has 0 amide bonds. The summed E-state index contributed by atoms with van der Waals surface area (Å²) >= 11 is 0. The van der Waals surface area contributed by atoms with Crippen molar-refractivity contribution in [2.45, 2.75) is 44.4 Å². The SMILES string of the molecule is N#Cc1ccc(-c2ccc([C@H]3CC[C@H](CC/C=C/F)CC3)cc2)cc1. The second kappa shape index (κ2) is 8.62. The topological polar surface area (TPSA) is 23.8 Å². The van der Waals surface area contributed by atoms with Gasteiger partial charge in [0.15, 0.2) is 0 Å². The Kier molecular flexibility index (Phi) is 6.01. The summed E-state index contributed by atoms with van der Waals surface area (Å²) in [6, 6.07) is 18.8. The van der Waals surface area contributed by atoms with Gasteiger partial charge in [-0.05, 0) is 79.2 Å². The maximum absolute atomic E-state index is 12.0. The third-order valence-electron chi connectivity index (χ3n) is 5.41. The molecule has 0 atom stereocenters. The molecule has 2 heteroatoms. The molecule has 0 unspecified atom stereocenters. The summed E-state index contributed by atoms with van der Waals surface area (Å²) in [5.74, 6) is 1.41. The van der Waals surface area contributed by atoms with Gasteiger partial charge in [0.05, 0.1) is 18.0 Å². The zero-order valence-electron chi connectivity index (χ0n) is 14.5. The Morgan fingerprint density at radius 1 is 0.920 bits per heavy atom. The summed E-state index contributed by atoms with van der Waals surface area (Å²) in [7, 11) is 0. The molecule has 128 valence electrons. The molecule has 1 aliphatic carbocycles. The average Bonchev–Trinajstić information content (AvgIpc) is 2.69. The van der Waals surface area contributed by atoms with Crippen molar-refractivity contribution in [3.63, 3.8) is 0 Å². The van der Waals surface area contributed by atoms with Crippen molar-refractivity contribution in [3.8, 4) is 17.2 Å². The Balaban J connectivity index is 1.58. The van der Waals surface area contributed by atoms with Crippen LogP contribution in [-0.2, 0) is 0 Å². The van der Waals surface area contributed by atoms with E-state index in [1.54, 1.807) is 6.08 Å². The predicted octanol–water partition coefficient (Wildman–Crippen LogP) is 6.76. The van der Waals surface area contributed by atoms with Crippen LogP contribution in [0.2, 0.25) is 0 Å². The van der Waals surface area contributed by atoms with Crippen LogP contribution in [0.25, 0.3) is 11.1 Å². The molecule has 0 saturated heterocycles. The van der Waals surface area contributed by atoms with Gasteiger partial charge in [0, 0.05) is 0 Å². The van der Waals surface area contributed by atoms with Crippen molar-refractivity contribution in [1.29, 1.82) is 5.26 Å². The number of rotatable bonds is 5. The Bertz CT molecular complexity index is 729. The second-order valence-electron chi connectivity index (χ2n) is 6.97. The fourth-order valence-corrected chi connectivity index (χ4v) is 3.86. The lowest BCUT2D eigenvalue weighted by Gasteiger charge is -2.28. The first kappa shape index (κ1) is 17.4. The lowest BCUT2D eigenvalue weighted by molar-refractivity contribution is 0.311. The summed E-state index contributed by atoms with van der Waals surface area (Å²) in [5.41, 5.74) is 4.47. The molecule has 0 heterocycles. The number of nitrogens with zero attached hydrogens (tertiary/aromatic N) is 1. The molecule has 0 bridgehead atoms. The number of benzene rings is 2. The molecule has 1 nitrogen and oxygen atoms in total. The van der Waals surface area contributed by atoms with Gasteiger partial charge < -0.3 is 0 Å². The monoisotopic (exact) mass is 333 g/mol. The van der Waals surface area contributed by atoms with E-state index < -0.39 is 0 Å². The first-order valence-corrected chi connectivity index (χ1v) is 9.16. The zero-order chi connectivity index (χ0) is 17.5. The van der Waals surface area contributed by atoms with E-state index in [9.17, 15) is 4.39 Å². The largest absolute Gasteiger partial charge is 0.216 e. The smallest absolute Gasteiger partial charge is 0.0991 e. The average molecular weight is 333 g/mol. The minimum atomic E-state index is 0.656. The van der Waals surface area contributed by atoms with Crippen LogP contribution in [0.15, 0.2) is 60.9 Å². The minimum Gasteiger partial charge on any atom is -0.216 e. The van der Waals surface area contributed by atoms with E-state index in [-0.39, 0.29) is 0 Å². The summed E-state index contributed by atoms with van der Waals surface area (Å²) in [6.07, 6.45) is 9.26. The zero-order valence-corrected chi connectivity index (χ0v) is 14.5. The van der Waals surface area contributed by atoms with Crippen molar-refractivity contribution in [3.05, 3.63) is 72.1 Å². The van der Waals surface area contributed by atoms with Crippen LogP contribution in [0.5, 0.6) is 0 Å². The van der Waals surface area contributed by atoms with E-state index in [0.717, 1.165) is 24.3 Å². The first-order valence-electron chi connectivity index (χ1n) is 9.16. The van der Waals surface area contributed by atoms with Gasteiger partial charge in [-0.3, -0.25) is 0 Å². The molecule has 25 heavy (non-hydrogen) atoms. The first-order chi connectivity index (χ1) is 12.3. The van der Waals surface area contributed by atoms with Crippen molar-refractivity contribution >= 4 is 0 Å². The highest BCUT2D eigenvalue weighted by Gasteiger charge is 2.21. The number of hydrogen-bond donors (Lipinski definition) is 0. The van der Waals surface area contributed by atoms with Crippen LogP contribution in [0.3, 0.4) is 0 Å². The van der Waals surface area contributed by atoms with E-state index >= 15 is 0 Å². The summed E-state index contributed by atoms with van der Waals surface area (Å²) in [5, 5.41) is 8.89. The summed E-state index contributed by atoms with van der Waals surface area (Å²) < 4.78 is 12.0. The second-order valence-corrected chi connectivity index (χ2v) is 6.97. The van der Waals surface area contributed by atoms with Crippen molar-refractivity contribution in [2.24, 2.45) is 5.92 Å². The van der Waals surface area contributed by atoms with E-state index in [1.807, 2.05) is 24.3 Å². The third-order valence-corrected chi connectivity index (χ3v) is 5.41. The lowest BCUT2D eigenvalue weighted by Crippen LogP contribution is -2.13. The van der Waals surface area contributed by atoms with Crippen LogP contribution in [0.1, 0.15) is 55.6 Å². The van der Waals surface area contributed by atoms with Gasteiger partial charge in [0.1, 0.15) is 0 Å². The van der Waals surface area contributed by atoms with Crippen LogP contribution in [0.4, 0.5) is 4.39 Å². The summed E-state index contributed by atoms with van der Waals surface area (Å²) in [6.45, 7) is 0. The van der Waals surface area contributed by atoms with Gasteiger partial charge in [-0.15, -0.1) is 0 Å². The maximum atomic E-state index is 12.0. The van der Waals surface area contributed by atoms with Crippen LogP contribution < -0.4 is 0 Å². The number of hydrogen-bond acceptors (Lipinski definition) is 1. The molecule has 1 aliphatic rings. The Morgan fingerprint density at radius 2 is 1.52 bits per heavy atom. The minimum absolute atomic E-state index is 0.656. The highest BCUT2D eigenvalue weighted by Crippen LogP contribution is 2.38. The molecule has 0 spiro atoms. The molecule has 1 fully saturated rings. The van der Waals surface area contributed by atoms with Crippen molar-refractivity contribution in [1.82, 2.24) is 0 Å². The van der Waals surface area contributed by atoms with Crippen LogP contribution in [0, 0.1) is 17.2 Å². The van der Waals surface area contributed by atoms with E-state index in [2.05, 4.69) is 30.3 Å². The molecular formula is C23H24FN. The molecule has 2 aromatic carbocycles. The van der Waals surface area contributed by atoms with Gasteiger partial charge in [0.2, 0.25) is 0 Å². The number of halogens is 1. The standard InChI is InChI=1S/C23H24FN/c24-16-2-1-3-18-4-8-20(9-5-18)22-12-14-23(15-13-22)21-10-6-19(17-25)7-11-21/h2,6-7,10-16,18,20H,1,3-5,8-9H2/b16-2+/t18-,20-. The molecule has 0 N–H and O–H groups in total. The fourth-order valence-electron chi connectivity index (χ4n) is 3.86. The van der Waals surface area contributed by atoms with Crippen LogP contribution in [-0.4, -0.2) is 0 Å².